The molecule has 0 spiro atoms. The summed E-state index contributed by atoms with van der Waals surface area (Å²) in [5.74, 6) is 0.620. The molecule has 0 saturated heterocycles. The van der Waals surface area contributed by atoms with Gasteiger partial charge in [0, 0.05) is 13.1 Å². The van der Waals surface area contributed by atoms with Crippen molar-refractivity contribution in [3.05, 3.63) is 35.4 Å². The van der Waals surface area contributed by atoms with Gasteiger partial charge in [0.15, 0.2) is 0 Å². The molecule has 2 amide bonds. The molecular formula is C16H19N2O2. The standard InChI is InChI=1S/C16H19N2O2/c17-9-11-5-7-12(8-6-11)10-18-15(19)13-3-1-2-4-14(13)16(18)20/h1-4,11-12,17H,5-10H2. The van der Waals surface area contributed by atoms with E-state index < -0.39 is 0 Å². The first-order chi connectivity index (χ1) is 9.70. The van der Waals surface area contributed by atoms with Crippen LogP contribution in [0.1, 0.15) is 46.4 Å². The van der Waals surface area contributed by atoms with E-state index in [9.17, 15) is 9.59 Å². The lowest BCUT2D eigenvalue weighted by Crippen LogP contribution is -2.36. The lowest BCUT2D eigenvalue weighted by atomic mass is 9.82. The largest absolute Gasteiger partial charge is 0.274 e. The zero-order valence-corrected chi connectivity index (χ0v) is 11.5. The van der Waals surface area contributed by atoms with Crippen LogP contribution >= 0.6 is 0 Å². The summed E-state index contributed by atoms with van der Waals surface area (Å²) in [6, 6.07) is 7.05. The number of rotatable bonds is 3. The zero-order valence-electron chi connectivity index (χ0n) is 11.5. The minimum Gasteiger partial charge on any atom is -0.274 e. The van der Waals surface area contributed by atoms with Crippen molar-refractivity contribution >= 4 is 11.8 Å². The Labute approximate surface area is 118 Å². The highest BCUT2D eigenvalue weighted by Gasteiger charge is 2.36. The summed E-state index contributed by atoms with van der Waals surface area (Å²) >= 11 is 0. The van der Waals surface area contributed by atoms with Crippen molar-refractivity contribution in [2.45, 2.75) is 25.7 Å². The third-order valence-electron chi connectivity index (χ3n) is 4.57. The number of carbonyl (C=O) groups excluding carboxylic acids is 2. The van der Waals surface area contributed by atoms with Crippen molar-refractivity contribution in [1.82, 2.24) is 10.6 Å². The van der Waals surface area contributed by atoms with Crippen molar-refractivity contribution in [3.8, 4) is 0 Å². The lowest BCUT2D eigenvalue weighted by Gasteiger charge is -2.29. The molecule has 1 N–H and O–H groups in total. The molecule has 1 radical (unpaired) electrons. The maximum atomic E-state index is 12.3. The highest BCUT2D eigenvalue weighted by Crippen LogP contribution is 2.31. The van der Waals surface area contributed by atoms with Crippen LogP contribution in [0.25, 0.3) is 0 Å². The average Bonchev–Trinajstić information content (AvgIpc) is 2.74. The molecule has 20 heavy (non-hydrogen) atoms. The lowest BCUT2D eigenvalue weighted by molar-refractivity contribution is 0.0610. The molecule has 0 unspecified atom stereocenters. The van der Waals surface area contributed by atoms with Gasteiger partial charge in [-0.25, -0.2) is 0 Å². The molecule has 1 fully saturated rings. The van der Waals surface area contributed by atoms with E-state index in [-0.39, 0.29) is 11.8 Å². The smallest absolute Gasteiger partial charge is 0.261 e. The van der Waals surface area contributed by atoms with Gasteiger partial charge in [-0.15, -0.1) is 0 Å². The van der Waals surface area contributed by atoms with E-state index in [1.807, 2.05) is 0 Å². The van der Waals surface area contributed by atoms with Crippen LogP contribution in [0.15, 0.2) is 24.3 Å². The van der Waals surface area contributed by atoms with Gasteiger partial charge in [-0.05, 0) is 49.7 Å². The Bertz CT molecular complexity index is 498. The van der Waals surface area contributed by atoms with E-state index in [2.05, 4.69) is 0 Å². The number of fused-ring (bicyclic) bond motifs is 1. The number of nitrogens with zero attached hydrogens (tertiary/aromatic N) is 1. The molecule has 0 bridgehead atoms. The predicted octanol–water partition coefficient (Wildman–Crippen LogP) is 2.37. The SMILES string of the molecule is [NH]CC1CCC(CN2C(=O)c3ccccc3C2=O)CC1. The monoisotopic (exact) mass is 271 g/mol. The number of amides is 2. The second-order valence-corrected chi connectivity index (χ2v) is 5.86. The molecule has 4 nitrogen and oxygen atoms in total. The first kappa shape index (κ1) is 13.3. The molecule has 2 aliphatic rings. The number of hydrogen-bond acceptors (Lipinski definition) is 2. The summed E-state index contributed by atoms with van der Waals surface area (Å²) in [7, 11) is 0. The van der Waals surface area contributed by atoms with Crippen molar-refractivity contribution in [1.29, 1.82) is 0 Å². The van der Waals surface area contributed by atoms with Crippen molar-refractivity contribution < 1.29 is 9.59 Å². The molecule has 0 atom stereocenters. The fourth-order valence-corrected chi connectivity index (χ4v) is 3.28. The topological polar surface area (TPSA) is 61.2 Å². The second-order valence-electron chi connectivity index (χ2n) is 5.86. The van der Waals surface area contributed by atoms with Crippen LogP contribution in [-0.4, -0.2) is 29.8 Å². The summed E-state index contributed by atoms with van der Waals surface area (Å²) in [4.78, 5) is 26.0. The molecule has 0 aromatic heterocycles. The summed E-state index contributed by atoms with van der Waals surface area (Å²) in [6.45, 7) is 1.04. The number of benzene rings is 1. The van der Waals surface area contributed by atoms with Crippen LogP contribution in [0.5, 0.6) is 0 Å². The Kier molecular flexibility index (Phi) is 3.57. The van der Waals surface area contributed by atoms with E-state index in [0.29, 0.717) is 36.1 Å². The summed E-state index contributed by atoms with van der Waals surface area (Å²) in [6.07, 6.45) is 4.16. The van der Waals surface area contributed by atoms with Crippen molar-refractivity contribution in [3.63, 3.8) is 0 Å². The first-order valence-corrected chi connectivity index (χ1v) is 7.30. The molecule has 4 heteroatoms. The van der Waals surface area contributed by atoms with Gasteiger partial charge < -0.3 is 0 Å². The molecule has 1 aliphatic carbocycles. The molecule has 3 rings (SSSR count). The number of imide groups is 1. The van der Waals surface area contributed by atoms with Gasteiger partial charge in [0.25, 0.3) is 11.8 Å². The van der Waals surface area contributed by atoms with Gasteiger partial charge in [0.2, 0.25) is 0 Å². The Balaban J connectivity index is 1.68. The van der Waals surface area contributed by atoms with Gasteiger partial charge in [-0.1, -0.05) is 12.1 Å². The van der Waals surface area contributed by atoms with E-state index >= 15 is 0 Å². The van der Waals surface area contributed by atoms with Crippen LogP contribution in [-0.2, 0) is 0 Å². The minimum absolute atomic E-state index is 0.145. The van der Waals surface area contributed by atoms with Gasteiger partial charge in [0.1, 0.15) is 0 Å². The molecule has 1 aromatic rings. The Morgan fingerprint density at radius 2 is 1.45 bits per heavy atom. The van der Waals surface area contributed by atoms with E-state index in [4.69, 9.17) is 5.73 Å². The van der Waals surface area contributed by atoms with Crippen LogP contribution < -0.4 is 5.73 Å². The Hall–Kier alpha value is -1.68. The fraction of sp³-hybridized carbons (Fsp3) is 0.500. The zero-order chi connectivity index (χ0) is 14.1. The second kappa shape index (κ2) is 5.37. The Morgan fingerprint density at radius 3 is 1.95 bits per heavy atom. The summed E-state index contributed by atoms with van der Waals surface area (Å²) in [5.41, 5.74) is 8.50. The highest BCUT2D eigenvalue weighted by molar-refractivity contribution is 6.21. The van der Waals surface area contributed by atoms with Crippen LogP contribution in [0.2, 0.25) is 0 Å². The molecule has 1 saturated carbocycles. The van der Waals surface area contributed by atoms with Crippen molar-refractivity contribution in [2.75, 3.05) is 13.1 Å². The Morgan fingerprint density at radius 1 is 0.950 bits per heavy atom. The van der Waals surface area contributed by atoms with Gasteiger partial charge in [0.05, 0.1) is 11.1 Å². The summed E-state index contributed by atoms with van der Waals surface area (Å²) < 4.78 is 0. The van der Waals surface area contributed by atoms with E-state index in [1.54, 1.807) is 24.3 Å². The number of nitrogens with one attached hydrogen (secondary N) is 1. The number of hydrogen-bond donors (Lipinski definition) is 0. The normalized spacial score (nSPS) is 25.9. The van der Waals surface area contributed by atoms with Crippen LogP contribution in [0, 0.1) is 11.8 Å². The molecular weight excluding hydrogens is 252 g/mol. The molecule has 105 valence electrons. The maximum absolute atomic E-state index is 12.3. The van der Waals surface area contributed by atoms with Crippen LogP contribution in [0.4, 0.5) is 0 Å². The van der Waals surface area contributed by atoms with Crippen LogP contribution in [0.3, 0.4) is 0 Å². The predicted molar refractivity (Wildman–Crippen MR) is 75.2 cm³/mol. The molecule has 1 aliphatic heterocycles. The highest BCUT2D eigenvalue weighted by atomic mass is 16.2. The van der Waals surface area contributed by atoms with Gasteiger partial charge >= 0.3 is 0 Å². The van der Waals surface area contributed by atoms with E-state index in [0.717, 1.165) is 25.7 Å². The average molecular weight is 271 g/mol. The first-order valence-electron chi connectivity index (χ1n) is 7.30. The maximum Gasteiger partial charge on any atom is 0.261 e. The van der Waals surface area contributed by atoms with Crippen molar-refractivity contribution in [2.24, 2.45) is 11.8 Å². The molecule has 1 aromatic carbocycles. The van der Waals surface area contributed by atoms with E-state index in [1.165, 1.54) is 4.90 Å². The third kappa shape index (κ3) is 2.24. The minimum atomic E-state index is -0.145. The molecule has 1 heterocycles. The number of carbonyl (C=O) groups is 2. The third-order valence-corrected chi connectivity index (χ3v) is 4.57. The van der Waals surface area contributed by atoms with Gasteiger partial charge in [-0.2, -0.15) is 0 Å². The van der Waals surface area contributed by atoms with Gasteiger partial charge in [-0.3, -0.25) is 20.2 Å². The fourth-order valence-electron chi connectivity index (χ4n) is 3.28. The summed E-state index contributed by atoms with van der Waals surface area (Å²) in [5, 5.41) is 0. The quantitative estimate of drug-likeness (QED) is 0.792.